The molecule has 1 aromatic carbocycles. The molecular weight excluding hydrogens is 310 g/mol. The summed E-state index contributed by atoms with van der Waals surface area (Å²) in [5.41, 5.74) is 5.17. The van der Waals surface area contributed by atoms with Crippen molar-refractivity contribution in [1.82, 2.24) is 24.3 Å². The van der Waals surface area contributed by atoms with Crippen molar-refractivity contribution in [3.63, 3.8) is 0 Å². The van der Waals surface area contributed by atoms with Crippen LogP contribution in [0.5, 0.6) is 0 Å². The van der Waals surface area contributed by atoms with Gasteiger partial charge in [-0.2, -0.15) is 0 Å². The predicted octanol–water partition coefficient (Wildman–Crippen LogP) is 3.50. The second-order valence-corrected chi connectivity index (χ2v) is 6.50. The van der Waals surface area contributed by atoms with Gasteiger partial charge in [-0.3, -0.25) is 9.30 Å². The third-order valence-corrected chi connectivity index (χ3v) is 4.98. The van der Waals surface area contributed by atoms with Crippen molar-refractivity contribution >= 4 is 22.3 Å². The molecule has 5 rings (SSSR count). The van der Waals surface area contributed by atoms with Crippen LogP contribution in [0.15, 0.2) is 61.2 Å². The number of aromatic amines is 1. The molecule has 3 aromatic heterocycles. The smallest absolute Gasteiger partial charge is 0.233 e. The summed E-state index contributed by atoms with van der Waals surface area (Å²) in [5.74, 6) is 0.768. The van der Waals surface area contributed by atoms with E-state index in [1.807, 2.05) is 18.5 Å². The van der Waals surface area contributed by atoms with E-state index >= 15 is 0 Å². The lowest BCUT2D eigenvalue weighted by Crippen LogP contribution is -2.28. The Kier molecular flexibility index (Phi) is 3.38. The van der Waals surface area contributed by atoms with Gasteiger partial charge in [-0.1, -0.05) is 24.3 Å². The molecule has 0 fully saturated rings. The molecule has 0 atom stereocenters. The van der Waals surface area contributed by atoms with Crippen LogP contribution >= 0.6 is 0 Å². The van der Waals surface area contributed by atoms with Crippen LogP contribution in [-0.2, 0) is 6.54 Å². The average molecular weight is 329 g/mol. The summed E-state index contributed by atoms with van der Waals surface area (Å²) in [6, 6.07) is 10.5. The zero-order chi connectivity index (χ0) is 16.6. The van der Waals surface area contributed by atoms with Crippen LogP contribution < -0.4 is 0 Å². The highest BCUT2D eigenvalue weighted by Gasteiger charge is 2.17. The van der Waals surface area contributed by atoms with E-state index in [0.717, 1.165) is 31.8 Å². The Morgan fingerprint density at radius 2 is 2.08 bits per heavy atom. The first-order chi connectivity index (χ1) is 12.4. The second kappa shape index (κ2) is 5.86. The van der Waals surface area contributed by atoms with Crippen LogP contribution in [0.25, 0.3) is 22.3 Å². The van der Waals surface area contributed by atoms with Gasteiger partial charge in [0.25, 0.3) is 0 Å². The van der Waals surface area contributed by atoms with Gasteiger partial charge in [0.2, 0.25) is 5.78 Å². The summed E-state index contributed by atoms with van der Waals surface area (Å²) in [6.07, 6.45) is 11.3. The molecule has 0 amide bonds. The number of hydrogen-bond acceptors (Lipinski definition) is 3. The molecule has 5 nitrogen and oxygen atoms in total. The van der Waals surface area contributed by atoms with Crippen molar-refractivity contribution in [2.45, 2.75) is 13.0 Å². The number of nitrogens with zero attached hydrogens (tertiary/aromatic N) is 4. The zero-order valence-electron chi connectivity index (χ0n) is 13.9. The Morgan fingerprint density at radius 1 is 1.12 bits per heavy atom. The van der Waals surface area contributed by atoms with Gasteiger partial charge in [0.1, 0.15) is 0 Å². The molecule has 1 N–H and O–H groups in total. The highest BCUT2D eigenvalue weighted by atomic mass is 15.2. The number of para-hydroxylation sites is 1. The van der Waals surface area contributed by atoms with Crippen molar-refractivity contribution in [3.05, 3.63) is 72.5 Å². The van der Waals surface area contributed by atoms with Gasteiger partial charge in [0, 0.05) is 54.7 Å². The van der Waals surface area contributed by atoms with E-state index in [-0.39, 0.29) is 0 Å². The van der Waals surface area contributed by atoms with Crippen molar-refractivity contribution in [1.29, 1.82) is 0 Å². The molecule has 0 saturated heterocycles. The lowest BCUT2D eigenvalue weighted by Gasteiger charge is -2.26. The summed E-state index contributed by atoms with van der Waals surface area (Å²) < 4.78 is 2.07. The van der Waals surface area contributed by atoms with Crippen LogP contribution in [-0.4, -0.2) is 37.3 Å². The van der Waals surface area contributed by atoms with Gasteiger partial charge in [0.05, 0.1) is 11.9 Å². The maximum atomic E-state index is 4.38. The molecule has 1 aliphatic rings. The number of rotatable bonds is 3. The number of benzene rings is 1. The first-order valence-electron chi connectivity index (χ1n) is 8.63. The SMILES string of the molecule is C1=C(c2c[nH]c3ccccc23)CCN(Cc2cnc3ncccn23)C1. The Morgan fingerprint density at radius 3 is 3.00 bits per heavy atom. The normalized spacial score (nSPS) is 15.8. The second-order valence-electron chi connectivity index (χ2n) is 6.50. The summed E-state index contributed by atoms with van der Waals surface area (Å²) in [5, 5.41) is 1.31. The number of fused-ring (bicyclic) bond motifs is 2. The van der Waals surface area contributed by atoms with Crippen molar-refractivity contribution in [2.24, 2.45) is 0 Å². The number of aromatic nitrogens is 4. The minimum Gasteiger partial charge on any atom is -0.361 e. The maximum absolute atomic E-state index is 4.38. The van der Waals surface area contributed by atoms with Crippen LogP contribution in [0.3, 0.4) is 0 Å². The van der Waals surface area contributed by atoms with Gasteiger partial charge in [-0.15, -0.1) is 0 Å². The Balaban J connectivity index is 1.37. The lowest BCUT2D eigenvalue weighted by molar-refractivity contribution is 0.289. The fraction of sp³-hybridized carbons (Fsp3) is 0.200. The molecule has 0 spiro atoms. The summed E-state index contributed by atoms with van der Waals surface area (Å²) in [4.78, 5) is 14.5. The molecule has 0 bridgehead atoms. The standard InChI is InChI=1S/C20H19N5/c1-2-5-19-17(4-1)18(13-22-19)15-6-10-24(11-7-15)14-16-12-23-20-21-8-3-9-25(16)20/h1-6,8-9,12-13,22H,7,10-11,14H2. The zero-order valence-corrected chi connectivity index (χ0v) is 13.9. The molecule has 124 valence electrons. The minimum absolute atomic E-state index is 0.768. The van der Waals surface area contributed by atoms with E-state index in [1.165, 1.54) is 27.7 Å². The van der Waals surface area contributed by atoms with Crippen LogP contribution in [0, 0.1) is 0 Å². The Bertz CT molecular complexity index is 1070. The lowest BCUT2D eigenvalue weighted by atomic mass is 9.99. The van der Waals surface area contributed by atoms with Crippen molar-refractivity contribution < 1.29 is 0 Å². The fourth-order valence-corrected chi connectivity index (χ4v) is 3.66. The summed E-state index contributed by atoms with van der Waals surface area (Å²) in [6.45, 7) is 2.91. The fourth-order valence-electron chi connectivity index (χ4n) is 3.66. The van der Waals surface area contributed by atoms with E-state index in [0.29, 0.717) is 0 Å². The molecule has 25 heavy (non-hydrogen) atoms. The highest BCUT2D eigenvalue weighted by molar-refractivity contribution is 5.92. The molecule has 4 aromatic rings. The first-order valence-corrected chi connectivity index (χ1v) is 8.63. The Hall–Kier alpha value is -2.92. The van der Waals surface area contributed by atoms with Gasteiger partial charge < -0.3 is 4.98 Å². The number of nitrogens with one attached hydrogen (secondary N) is 1. The van der Waals surface area contributed by atoms with Gasteiger partial charge in [-0.25, -0.2) is 9.97 Å². The third-order valence-electron chi connectivity index (χ3n) is 4.98. The van der Waals surface area contributed by atoms with E-state index in [1.54, 1.807) is 6.20 Å². The average Bonchev–Trinajstić information content (AvgIpc) is 3.27. The summed E-state index contributed by atoms with van der Waals surface area (Å²) >= 11 is 0. The largest absolute Gasteiger partial charge is 0.361 e. The molecule has 5 heteroatoms. The molecule has 1 aliphatic heterocycles. The third kappa shape index (κ3) is 2.53. The molecule has 4 heterocycles. The van der Waals surface area contributed by atoms with E-state index in [9.17, 15) is 0 Å². The van der Waals surface area contributed by atoms with Crippen LogP contribution in [0.1, 0.15) is 17.7 Å². The monoisotopic (exact) mass is 329 g/mol. The van der Waals surface area contributed by atoms with Crippen LogP contribution in [0.2, 0.25) is 0 Å². The Labute approximate surface area is 145 Å². The molecule has 0 radical (unpaired) electrons. The number of imidazole rings is 1. The quantitative estimate of drug-likeness (QED) is 0.626. The van der Waals surface area contributed by atoms with E-state index in [2.05, 4.69) is 60.8 Å². The first kappa shape index (κ1) is 14.4. The van der Waals surface area contributed by atoms with Crippen LogP contribution in [0.4, 0.5) is 0 Å². The molecule has 0 aliphatic carbocycles. The van der Waals surface area contributed by atoms with Gasteiger partial charge in [-0.05, 0) is 24.1 Å². The maximum Gasteiger partial charge on any atom is 0.233 e. The predicted molar refractivity (Wildman–Crippen MR) is 99.2 cm³/mol. The molecule has 0 unspecified atom stereocenters. The number of hydrogen-bond donors (Lipinski definition) is 1. The molecular formula is C20H19N5. The van der Waals surface area contributed by atoms with Crippen molar-refractivity contribution in [2.75, 3.05) is 13.1 Å². The van der Waals surface area contributed by atoms with E-state index < -0.39 is 0 Å². The minimum atomic E-state index is 0.768. The molecule has 0 saturated carbocycles. The number of H-pyrrole nitrogens is 1. The van der Waals surface area contributed by atoms with E-state index in [4.69, 9.17) is 0 Å². The van der Waals surface area contributed by atoms with Crippen molar-refractivity contribution in [3.8, 4) is 0 Å². The topological polar surface area (TPSA) is 49.2 Å². The van der Waals surface area contributed by atoms with Gasteiger partial charge in [0.15, 0.2) is 0 Å². The highest BCUT2D eigenvalue weighted by Crippen LogP contribution is 2.29. The summed E-state index contributed by atoms with van der Waals surface area (Å²) in [7, 11) is 0. The van der Waals surface area contributed by atoms with Gasteiger partial charge >= 0.3 is 0 Å².